The van der Waals surface area contributed by atoms with Crippen LogP contribution in [0.5, 0.6) is 11.5 Å². The van der Waals surface area contributed by atoms with E-state index in [1.54, 1.807) is 36.3 Å². The molecule has 2 aromatic rings. The van der Waals surface area contributed by atoms with Gasteiger partial charge in [-0.05, 0) is 55.5 Å². The Kier molecular flexibility index (Phi) is 8.96. The first-order valence-corrected chi connectivity index (χ1v) is 11.5. The summed E-state index contributed by atoms with van der Waals surface area (Å²) >= 11 is 0. The number of amides is 2. The quantitative estimate of drug-likeness (QED) is 0.576. The van der Waals surface area contributed by atoms with E-state index in [0.717, 1.165) is 37.0 Å². The van der Waals surface area contributed by atoms with E-state index in [4.69, 9.17) is 9.47 Å². The Morgan fingerprint density at radius 1 is 1.03 bits per heavy atom. The normalized spacial score (nSPS) is 14.6. The van der Waals surface area contributed by atoms with Gasteiger partial charge in [-0.15, -0.1) is 0 Å². The molecule has 0 aromatic heterocycles. The van der Waals surface area contributed by atoms with Crippen LogP contribution < -0.4 is 14.8 Å². The molecule has 3 rings (SSSR count). The summed E-state index contributed by atoms with van der Waals surface area (Å²) in [7, 11) is 1.60. The summed E-state index contributed by atoms with van der Waals surface area (Å²) < 4.78 is 10.9. The van der Waals surface area contributed by atoms with Crippen LogP contribution in [0.25, 0.3) is 0 Å². The second-order valence-corrected chi connectivity index (χ2v) is 8.20. The summed E-state index contributed by atoms with van der Waals surface area (Å²) in [6.45, 7) is 2.30. The number of nitrogens with one attached hydrogen (secondary N) is 1. The molecule has 1 aliphatic carbocycles. The predicted molar refractivity (Wildman–Crippen MR) is 125 cm³/mol. The third-order valence-corrected chi connectivity index (χ3v) is 5.99. The van der Waals surface area contributed by atoms with Crippen molar-refractivity contribution >= 4 is 11.8 Å². The van der Waals surface area contributed by atoms with Crippen molar-refractivity contribution in [2.75, 3.05) is 20.3 Å². The molecule has 1 N–H and O–H groups in total. The van der Waals surface area contributed by atoms with Crippen LogP contribution in [0.2, 0.25) is 0 Å². The van der Waals surface area contributed by atoms with E-state index in [2.05, 4.69) is 5.32 Å². The van der Waals surface area contributed by atoms with E-state index in [1.165, 1.54) is 0 Å². The smallest absolute Gasteiger partial charge is 0.261 e. The van der Waals surface area contributed by atoms with Gasteiger partial charge in [-0.1, -0.05) is 50.1 Å². The lowest BCUT2D eigenvalue weighted by atomic mass is 10.1. The highest BCUT2D eigenvalue weighted by atomic mass is 16.5. The number of benzene rings is 2. The van der Waals surface area contributed by atoms with Crippen molar-refractivity contribution in [3.8, 4) is 11.5 Å². The molecule has 172 valence electrons. The van der Waals surface area contributed by atoms with Crippen LogP contribution in [0.4, 0.5) is 0 Å². The molecule has 2 aromatic carbocycles. The van der Waals surface area contributed by atoms with E-state index in [0.29, 0.717) is 25.1 Å². The molecule has 0 radical (unpaired) electrons. The third-order valence-electron chi connectivity index (χ3n) is 5.99. The SMILES string of the molecule is CC[C@@H](C(=O)NC1CCCC1)N(CCc1ccccc1)C(=O)COc1ccc(OC)cc1. The fraction of sp³-hybridized carbons (Fsp3) is 0.462. The molecule has 0 unspecified atom stereocenters. The van der Waals surface area contributed by atoms with E-state index < -0.39 is 6.04 Å². The molecule has 0 aliphatic heterocycles. The third kappa shape index (κ3) is 6.74. The van der Waals surface area contributed by atoms with Crippen LogP contribution in [0.3, 0.4) is 0 Å². The van der Waals surface area contributed by atoms with Gasteiger partial charge in [0.25, 0.3) is 5.91 Å². The van der Waals surface area contributed by atoms with Gasteiger partial charge >= 0.3 is 0 Å². The summed E-state index contributed by atoms with van der Waals surface area (Å²) in [5.41, 5.74) is 1.13. The maximum absolute atomic E-state index is 13.2. The van der Waals surface area contributed by atoms with Gasteiger partial charge in [-0.25, -0.2) is 0 Å². The summed E-state index contributed by atoms with van der Waals surface area (Å²) in [6.07, 6.45) is 5.56. The second kappa shape index (κ2) is 12.1. The fourth-order valence-electron chi connectivity index (χ4n) is 4.16. The number of ether oxygens (including phenoxy) is 2. The van der Waals surface area contributed by atoms with Gasteiger partial charge in [-0.2, -0.15) is 0 Å². The Morgan fingerprint density at radius 3 is 2.31 bits per heavy atom. The summed E-state index contributed by atoms with van der Waals surface area (Å²) in [5.74, 6) is 1.06. The van der Waals surface area contributed by atoms with Gasteiger partial charge in [0.1, 0.15) is 17.5 Å². The number of rotatable bonds is 11. The predicted octanol–water partition coefficient (Wildman–Crippen LogP) is 3.98. The Bertz CT molecular complexity index is 848. The first kappa shape index (κ1) is 23.6. The molecule has 0 bridgehead atoms. The van der Waals surface area contributed by atoms with Crippen LogP contribution in [0.1, 0.15) is 44.6 Å². The van der Waals surface area contributed by atoms with Crippen LogP contribution in [-0.4, -0.2) is 49.1 Å². The zero-order chi connectivity index (χ0) is 22.8. The van der Waals surface area contributed by atoms with Gasteiger partial charge in [0, 0.05) is 12.6 Å². The highest BCUT2D eigenvalue weighted by Crippen LogP contribution is 2.20. The van der Waals surface area contributed by atoms with Gasteiger partial charge < -0.3 is 19.7 Å². The van der Waals surface area contributed by atoms with Crippen molar-refractivity contribution in [2.45, 2.75) is 57.5 Å². The van der Waals surface area contributed by atoms with Crippen molar-refractivity contribution in [2.24, 2.45) is 0 Å². The standard InChI is InChI=1S/C26H34N2O4/c1-3-24(26(30)27-21-11-7-8-12-21)28(18-17-20-9-5-4-6-10-20)25(29)19-32-23-15-13-22(31-2)14-16-23/h4-6,9-10,13-16,21,24H,3,7-8,11-12,17-19H2,1-2H3,(H,27,30)/t24-/m0/s1. The van der Waals surface area contributed by atoms with Gasteiger partial charge in [0.2, 0.25) is 5.91 Å². The Hall–Kier alpha value is -3.02. The molecule has 6 heteroatoms. The molecular formula is C26H34N2O4. The minimum atomic E-state index is -0.508. The minimum Gasteiger partial charge on any atom is -0.497 e. The Morgan fingerprint density at radius 2 is 1.69 bits per heavy atom. The summed E-state index contributed by atoms with van der Waals surface area (Å²) in [5, 5.41) is 3.16. The molecule has 0 saturated heterocycles. The first-order valence-electron chi connectivity index (χ1n) is 11.5. The van der Waals surface area contributed by atoms with Crippen molar-refractivity contribution in [1.29, 1.82) is 0 Å². The topological polar surface area (TPSA) is 67.9 Å². The molecule has 1 aliphatic rings. The van der Waals surface area contributed by atoms with Crippen molar-refractivity contribution in [1.82, 2.24) is 10.2 Å². The van der Waals surface area contributed by atoms with Crippen LogP contribution in [0, 0.1) is 0 Å². The largest absolute Gasteiger partial charge is 0.497 e. The number of carbonyl (C=O) groups excluding carboxylic acids is 2. The zero-order valence-electron chi connectivity index (χ0n) is 19.1. The van der Waals surface area contributed by atoms with Crippen LogP contribution in [-0.2, 0) is 16.0 Å². The number of hydrogen-bond donors (Lipinski definition) is 1. The monoisotopic (exact) mass is 438 g/mol. The lowest BCUT2D eigenvalue weighted by Gasteiger charge is -2.31. The Labute approximate surface area is 190 Å². The zero-order valence-corrected chi connectivity index (χ0v) is 19.1. The molecule has 32 heavy (non-hydrogen) atoms. The highest BCUT2D eigenvalue weighted by Gasteiger charge is 2.30. The summed E-state index contributed by atoms with van der Waals surface area (Å²) in [4.78, 5) is 28.0. The van der Waals surface area contributed by atoms with Crippen molar-refractivity contribution in [3.05, 3.63) is 60.2 Å². The molecular weight excluding hydrogens is 404 g/mol. The second-order valence-electron chi connectivity index (χ2n) is 8.20. The lowest BCUT2D eigenvalue weighted by Crippen LogP contribution is -2.52. The van der Waals surface area contributed by atoms with E-state index in [9.17, 15) is 9.59 Å². The molecule has 1 fully saturated rings. The molecule has 1 atom stereocenters. The molecule has 6 nitrogen and oxygen atoms in total. The van der Waals surface area contributed by atoms with Gasteiger partial charge in [0.05, 0.1) is 7.11 Å². The van der Waals surface area contributed by atoms with Crippen LogP contribution in [0.15, 0.2) is 54.6 Å². The molecule has 0 heterocycles. The van der Waals surface area contributed by atoms with Crippen molar-refractivity contribution < 1.29 is 19.1 Å². The molecule has 2 amide bonds. The van der Waals surface area contributed by atoms with Gasteiger partial charge in [-0.3, -0.25) is 9.59 Å². The highest BCUT2D eigenvalue weighted by molar-refractivity contribution is 5.88. The number of methoxy groups -OCH3 is 1. The van der Waals surface area contributed by atoms with E-state index in [1.807, 2.05) is 37.3 Å². The summed E-state index contributed by atoms with van der Waals surface area (Å²) in [6, 6.07) is 16.8. The average Bonchev–Trinajstić information content (AvgIpc) is 3.34. The molecule has 0 spiro atoms. The van der Waals surface area contributed by atoms with Gasteiger partial charge in [0.15, 0.2) is 6.61 Å². The average molecular weight is 439 g/mol. The van der Waals surface area contributed by atoms with E-state index in [-0.39, 0.29) is 24.5 Å². The number of nitrogens with zero attached hydrogens (tertiary/aromatic N) is 1. The van der Waals surface area contributed by atoms with Crippen molar-refractivity contribution in [3.63, 3.8) is 0 Å². The van der Waals surface area contributed by atoms with Crippen LogP contribution >= 0.6 is 0 Å². The number of hydrogen-bond acceptors (Lipinski definition) is 4. The lowest BCUT2D eigenvalue weighted by molar-refractivity contribution is -0.142. The minimum absolute atomic E-state index is 0.0646. The Balaban J connectivity index is 1.68. The maximum atomic E-state index is 13.2. The maximum Gasteiger partial charge on any atom is 0.261 e. The first-order chi connectivity index (χ1) is 15.6. The molecule has 1 saturated carbocycles. The fourth-order valence-corrected chi connectivity index (χ4v) is 4.16. The number of carbonyl (C=O) groups is 2. The van der Waals surface area contributed by atoms with E-state index >= 15 is 0 Å².